The maximum absolute atomic E-state index is 13.4. The van der Waals surface area contributed by atoms with Crippen LogP contribution in [0.2, 0.25) is 0 Å². The Balaban J connectivity index is 1.75. The number of aromatic nitrogens is 3. The van der Waals surface area contributed by atoms with Gasteiger partial charge in [-0.3, -0.25) is 9.59 Å². The van der Waals surface area contributed by atoms with Gasteiger partial charge >= 0.3 is 0 Å². The molecule has 1 amide bonds. The van der Waals surface area contributed by atoms with Crippen LogP contribution in [-0.4, -0.2) is 34.5 Å². The summed E-state index contributed by atoms with van der Waals surface area (Å²) in [6.07, 6.45) is 2.24. The summed E-state index contributed by atoms with van der Waals surface area (Å²) in [5.41, 5.74) is 2.64. The lowest BCUT2D eigenvalue weighted by Crippen LogP contribution is -2.27. The van der Waals surface area contributed by atoms with Crippen molar-refractivity contribution in [3.63, 3.8) is 0 Å². The molecule has 0 bridgehead atoms. The quantitative estimate of drug-likeness (QED) is 0.441. The Kier molecular flexibility index (Phi) is 6.40. The molecule has 0 saturated heterocycles. The Morgan fingerprint density at radius 2 is 1.74 bits per heavy atom. The van der Waals surface area contributed by atoms with Gasteiger partial charge in [0, 0.05) is 28.5 Å². The van der Waals surface area contributed by atoms with Crippen molar-refractivity contribution >= 4 is 22.4 Å². The van der Waals surface area contributed by atoms with Gasteiger partial charge in [-0.25, -0.2) is 0 Å². The Morgan fingerprint density at radius 1 is 1.03 bits per heavy atom. The van der Waals surface area contributed by atoms with E-state index >= 15 is 0 Å². The number of anilines is 1. The number of methoxy groups -OCH3 is 2. The van der Waals surface area contributed by atoms with Crippen molar-refractivity contribution in [1.29, 1.82) is 0 Å². The van der Waals surface area contributed by atoms with Crippen molar-refractivity contribution in [2.45, 2.75) is 33.2 Å². The number of hydrogen-bond acceptors (Lipinski definition) is 5. The number of rotatable bonds is 7. The first-order valence-corrected chi connectivity index (χ1v) is 11.1. The van der Waals surface area contributed by atoms with Gasteiger partial charge in [0.2, 0.25) is 5.91 Å². The summed E-state index contributed by atoms with van der Waals surface area (Å²) >= 11 is 0. The Labute approximate surface area is 197 Å². The molecule has 0 spiro atoms. The average molecular weight is 461 g/mol. The minimum absolute atomic E-state index is 0.183. The number of fused-ring (bicyclic) bond motifs is 1. The molecule has 2 heterocycles. The monoisotopic (exact) mass is 460 g/mol. The van der Waals surface area contributed by atoms with Crippen molar-refractivity contribution in [3.05, 3.63) is 76.5 Å². The minimum atomic E-state index is -0.509. The van der Waals surface area contributed by atoms with E-state index in [0.717, 1.165) is 16.8 Å². The second-order valence-corrected chi connectivity index (χ2v) is 8.01. The molecule has 0 aliphatic carbocycles. The van der Waals surface area contributed by atoms with Gasteiger partial charge in [0.25, 0.3) is 5.56 Å². The summed E-state index contributed by atoms with van der Waals surface area (Å²) in [6.45, 7) is 5.73. The summed E-state index contributed by atoms with van der Waals surface area (Å²) in [5.74, 6) is 0.926. The maximum Gasteiger partial charge on any atom is 0.281 e. The normalized spacial score (nSPS) is 11.9. The molecule has 0 radical (unpaired) electrons. The fourth-order valence-corrected chi connectivity index (χ4v) is 4.42. The third-order valence-corrected chi connectivity index (χ3v) is 6.11. The summed E-state index contributed by atoms with van der Waals surface area (Å²) in [7, 11) is 3.11. The number of ether oxygens (including phenoxy) is 2. The van der Waals surface area contributed by atoms with Crippen molar-refractivity contribution in [2.24, 2.45) is 0 Å². The van der Waals surface area contributed by atoms with Gasteiger partial charge in [-0.1, -0.05) is 25.1 Å². The van der Waals surface area contributed by atoms with E-state index in [0.29, 0.717) is 34.7 Å². The molecule has 1 N–H and O–H groups in total. The number of carbonyl (C=O) groups excluding carboxylic acids is 1. The zero-order chi connectivity index (χ0) is 24.4. The number of nitrogens with zero attached hydrogens (tertiary/aromatic N) is 3. The van der Waals surface area contributed by atoms with Crippen LogP contribution in [-0.2, 0) is 4.79 Å². The molecule has 4 aromatic rings. The van der Waals surface area contributed by atoms with Crippen molar-refractivity contribution in [3.8, 4) is 17.2 Å². The van der Waals surface area contributed by atoms with E-state index in [2.05, 4.69) is 10.4 Å². The molecule has 2 aromatic heterocycles. The molecule has 0 fully saturated rings. The molecule has 1 unspecified atom stereocenters. The SMILES string of the molecule is CCC(C(=O)Nc1ccc(OC)c(OC)c1)n1c(C)c2cnn(-c3ccccc3)c(=O)c2c1C. The summed E-state index contributed by atoms with van der Waals surface area (Å²) in [5, 5.41) is 8.67. The summed E-state index contributed by atoms with van der Waals surface area (Å²) < 4.78 is 13.9. The molecule has 0 aliphatic rings. The van der Waals surface area contributed by atoms with Crippen molar-refractivity contribution in [2.75, 3.05) is 19.5 Å². The number of aryl methyl sites for hydroxylation is 2. The number of nitrogens with one attached hydrogen (secondary N) is 1. The Hall–Kier alpha value is -4.07. The van der Waals surface area contributed by atoms with E-state index in [-0.39, 0.29) is 11.5 Å². The highest BCUT2D eigenvalue weighted by atomic mass is 16.5. The fourth-order valence-electron chi connectivity index (χ4n) is 4.42. The van der Waals surface area contributed by atoms with Crippen LogP contribution in [0.3, 0.4) is 0 Å². The van der Waals surface area contributed by atoms with Crippen LogP contribution >= 0.6 is 0 Å². The van der Waals surface area contributed by atoms with Crippen LogP contribution in [0.25, 0.3) is 16.5 Å². The Bertz CT molecular complexity index is 1410. The molecule has 0 aliphatic heterocycles. The summed E-state index contributed by atoms with van der Waals surface area (Å²) in [4.78, 5) is 26.7. The number of carbonyl (C=O) groups is 1. The standard InChI is InChI=1S/C26H28N4O4/c1-6-21(25(31)28-18-12-13-22(33-4)23(14-18)34-5)29-16(2)20-15-27-30(19-10-8-7-9-11-19)26(32)24(20)17(29)3/h7-15,21H,6H2,1-5H3,(H,28,31). The first-order chi connectivity index (χ1) is 16.4. The van der Waals surface area contributed by atoms with E-state index in [1.54, 1.807) is 38.6 Å². The van der Waals surface area contributed by atoms with Crippen LogP contribution in [0, 0.1) is 13.8 Å². The van der Waals surface area contributed by atoms with Crippen LogP contribution < -0.4 is 20.3 Å². The highest BCUT2D eigenvalue weighted by Crippen LogP contribution is 2.32. The summed E-state index contributed by atoms with van der Waals surface area (Å²) in [6, 6.07) is 14.0. The Morgan fingerprint density at radius 3 is 2.38 bits per heavy atom. The van der Waals surface area contributed by atoms with Gasteiger partial charge in [-0.05, 0) is 44.5 Å². The van der Waals surface area contributed by atoms with Crippen LogP contribution in [0.4, 0.5) is 5.69 Å². The number of hydrogen-bond donors (Lipinski definition) is 1. The number of para-hydroxylation sites is 1. The van der Waals surface area contributed by atoms with Gasteiger partial charge in [0.15, 0.2) is 11.5 Å². The first kappa shape index (κ1) is 23.1. The predicted molar refractivity (Wildman–Crippen MR) is 132 cm³/mol. The fraction of sp³-hybridized carbons (Fsp3) is 0.269. The number of amides is 1. The molecule has 2 aromatic carbocycles. The second kappa shape index (κ2) is 9.43. The van der Waals surface area contributed by atoms with E-state index in [1.165, 1.54) is 4.68 Å². The lowest BCUT2D eigenvalue weighted by molar-refractivity contribution is -0.119. The lowest BCUT2D eigenvalue weighted by Gasteiger charge is -2.21. The topological polar surface area (TPSA) is 87.4 Å². The van der Waals surface area contributed by atoms with Crippen molar-refractivity contribution in [1.82, 2.24) is 14.3 Å². The van der Waals surface area contributed by atoms with E-state index in [1.807, 2.05) is 55.7 Å². The molecule has 4 rings (SSSR count). The lowest BCUT2D eigenvalue weighted by atomic mass is 10.1. The molecule has 34 heavy (non-hydrogen) atoms. The molecule has 8 nitrogen and oxygen atoms in total. The molecule has 1 atom stereocenters. The van der Waals surface area contributed by atoms with Crippen molar-refractivity contribution < 1.29 is 14.3 Å². The maximum atomic E-state index is 13.4. The molecule has 8 heteroatoms. The highest BCUT2D eigenvalue weighted by Gasteiger charge is 2.26. The largest absolute Gasteiger partial charge is 0.493 e. The zero-order valence-corrected chi connectivity index (χ0v) is 20.0. The van der Waals surface area contributed by atoms with Crippen LogP contribution in [0.15, 0.2) is 59.5 Å². The average Bonchev–Trinajstić information content (AvgIpc) is 3.11. The zero-order valence-electron chi connectivity index (χ0n) is 20.0. The van der Waals surface area contributed by atoms with E-state index in [9.17, 15) is 9.59 Å². The highest BCUT2D eigenvalue weighted by molar-refractivity contribution is 5.95. The van der Waals surface area contributed by atoms with Gasteiger partial charge in [0.05, 0.1) is 31.5 Å². The third kappa shape index (κ3) is 3.91. The first-order valence-electron chi connectivity index (χ1n) is 11.1. The predicted octanol–water partition coefficient (Wildman–Crippen LogP) is 4.41. The van der Waals surface area contributed by atoms with E-state index < -0.39 is 6.04 Å². The minimum Gasteiger partial charge on any atom is -0.493 e. The van der Waals surface area contributed by atoms with Gasteiger partial charge in [0.1, 0.15) is 6.04 Å². The van der Waals surface area contributed by atoms with Gasteiger partial charge in [-0.2, -0.15) is 9.78 Å². The second-order valence-electron chi connectivity index (χ2n) is 8.01. The van der Waals surface area contributed by atoms with E-state index in [4.69, 9.17) is 9.47 Å². The third-order valence-electron chi connectivity index (χ3n) is 6.11. The van der Waals surface area contributed by atoms with Gasteiger partial charge < -0.3 is 19.4 Å². The van der Waals surface area contributed by atoms with Gasteiger partial charge in [-0.15, -0.1) is 0 Å². The smallest absolute Gasteiger partial charge is 0.281 e. The van der Waals surface area contributed by atoms with Crippen LogP contribution in [0.1, 0.15) is 30.8 Å². The molecular weight excluding hydrogens is 432 g/mol. The number of benzene rings is 2. The molecule has 176 valence electrons. The van der Waals surface area contributed by atoms with Crippen LogP contribution in [0.5, 0.6) is 11.5 Å². The molecule has 0 saturated carbocycles. The molecular formula is C26H28N4O4.